The molecule has 14 heteroatoms. The number of phenolic OH excluding ortho intramolecular Hbond substituents is 2. The zero-order valence-electron chi connectivity index (χ0n) is 23.4. The van der Waals surface area contributed by atoms with E-state index in [0.717, 1.165) is 0 Å². The fourth-order valence-corrected chi connectivity index (χ4v) is 6.04. The largest absolute Gasteiger partial charge is 0.507 e. The van der Waals surface area contributed by atoms with Gasteiger partial charge in [0.05, 0.1) is 61.4 Å². The van der Waals surface area contributed by atoms with Gasteiger partial charge in [0.15, 0.2) is 17.9 Å². The van der Waals surface area contributed by atoms with Crippen LogP contribution in [0.3, 0.4) is 0 Å². The monoisotopic (exact) mass is 603 g/mol. The molecule has 3 aliphatic rings. The van der Waals surface area contributed by atoms with Gasteiger partial charge in [-0.25, -0.2) is 0 Å². The van der Waals surface area contributed by atoms with Gasteiger partial charge in [-0.15, -0.1) is 0 Å². The van der Waals surface area contributed by atoms with E-state index >= 15 is 0 Å². The third-order valence-electron chi connectivity index (χ3n) is 8.19. The second-order valence-electron chi connectivity index (χ2n) is 10.8. The summed E-state index contributed by atoms with van der Waals surface area (Å²) in [5, 5.41) is 63.5. The first kappa shape index (κ1) is 31.0. The molecule has 0 spiro atoms. The number of benzene rings is 2. The van der Waals surface area contributed by atoms with Crippen LogP contribution in [0.4, 0.5) is 0 Å². The molecule has 14 nitrogen and oxygen atoms in total. The Kier molecular flexibility index (Phi) is 8.57. The maximum Gasteiger partial charge on any atom is 0.202 e. The van der Waals surface area contributed by atoms with Crippen molar-refractivity contribution in [2.24, 2.45) is 0 Å². The number of hydrogen-bond donors (Lipinski definition) is 7. The minimum atomic E-state index is -2.28. The van der Waals surface area contributed by atoms with Crippen molar-refractivity contribution in [1.82, 2.24) is 5.48 Å². The molecule has 1 aliphatic heterocycles. The number of aromatic hydroxyl groups is 2. The highest BCUT2D eigenvalue weighted by molar-refractivity contribution is 6.31. The molecule has 2 aliphatic carbocycles. The van der Waals surface area contributed by atoms with E-state index in [1.54, 1.807) is 6.92 Å². The molecule has 43 heavy (non-hydrogen) atoms. The van der Waals surface area contributed by atoms with Crippen molar-refractivity contribution in [3.8, 4) is 17.2 Å². The summed E-state index contributed by atoms with van der Waals surface area (Å²) < 4.78 is 17.2. The number of hydrogen-bond acceptors (Lipinski definition) is 14. The van der Waals surface area contributed by atoms with E-state index in [0.29, 0.717) is 0 Å². The molecule has 0 saturated carbocycles. The molecule has 0 aromatic heterocycles. The predicted molar refractivity (Wildman–Crippen MR) is 144 cm³/mol. The molecule has 2 aromatic rings. The van der Waals surface area contributed by atoms with Crippen LogP contribution in [0.25, 0.3) is 0 Å². The average Bonchev–Trinajstić information content (AvgIpc) is 2.98. The third kappa shape index (κ3) is 5.19. The lowest BCUT2D eigenvalue weighted by molar-refractivity contribution is -0.257. The zero-order valence-corrected chi connectivity index (χ0v) is 23.4. The van der Waals surface area contributed by atoms with Crippen LogP contribution in [-0.2, 0) is 25.5 Å². The molecule has 4 unspecified atom stereocenters. The van der Waals surface area contributed by atoms with Crippen LogP contribution >= 0.6 is 0 Å². The summed E-state index contributed by atoms with van der Waals surface area (Å²) in [6.45, 7) is 0.187. The highest BCUT2D eigenvalue weighted by Gasteiger charge is 2.50. The minimum absolute atomic E-state index is 0.0329. The van der Waals surface area contributed by atoms with Gasteiger partial charge < -0.3 is 44.8 Å². The molecule has 5 rings (SSSR count). The molecule has 1 heterocycles. The molecule has 6 atom stereocenters. The average molecular weight is 604 g/mol. The first-order valence-corrected chi connectivity index (χ1v) is 13.7. The van der Waals surface area contributed by atoms with Crippen molar-refractivity contribution < 1.29 is 64.1 Å². The number of carbonyl (C=O) groups excluding carboxylic acids is 3. The number of nitrogens with one attached hydrogen (secondary N) is 1. The van der Waals surface area contributed by atoms with E-state index in [4.69, 9.17) is 24.2 Å². The van der Waals surface area contributed by atoms with Crippen molar-refractivity contribution >= 4 is 17.3 Å². The fraction of sp³-hybridized carbons (Fsp3) is 0.483. The molecule has 232 valence electrons. The third-order valence-corrected chi connectivity index (χ3v) is 8.19. The van der Waals surface area contributed by atoms with Crippen LogP contribution < -0.4 is 10.2 Å². The number of fused-ring (bicyclic) bond motifs is 3. The van der Waals surface area contributed by atoms with Crippen molar-refractivity contribution in [2.75, 3.05) is 26.9 Å². The van der Waals surface area contributed by atoms with E-state index < -0.39 is 95.7 Å². The van der Waals surface area contributed by atoms with Gasteiger partial charge in [0.2, 0.25) is 5.78 Å². The molecular formula is C29H33NO13. The topological polar surface area (TPSA) is 222 Å². The number of ether oxygens (including phenoxy) is 3. The molecule has 2 aromatic carbocycles. The number of phenols is 2. The summed E-state index contributed by atoms with van der Waals surface area (Å²) in [5.41, 5.74) is -1.17. The lowest BCUT2D eigenvalue weighted by atomic mass is 9.72. The second kappa shape index (κ2) is 11.9. The van der Waals surface area contributed by atoms with Crippen molar-refractivity contribution in [1.29, 1.82) is 0 Å². The van der Waals surface area contributed by atoms with E-state index in [1.807, 2.05) is 0 Å². The first-order valence-electron chi connectivity index (χ1n) is 13.7. The Balaban J connectivity index is 1.61. The second-order valence-corrected chi connectivity index (χ2v) is 10.8. The van der Waals surface area contributed by atoms with Crippen LogP contribution in [0.1, 0.15) is 68.8 Å². The Hall–Kier alpha value is -3.47. The molecular weight excluding hydrogens is 570 g/mol. The zero-order chi connectivity index (χ0) is 31.2. The quantitative estimate of drug-likeness (QED) is 0.0936. The van der Waals surface area contributed by atoms with Gasteiger partial charge >= 0.3 is 0 Å². The van der Waals surface area contributed by atoms with Gasteiger partial charge in [-0.05, 0) is 13.0 Å². The number of aliphatic hydroxyl groups excluding tert-OH is 3. The van der Waals surface area contributed by atoms with Crippen LogP contribution in [0, 0.1) is 0 Å². The molecule has 0 amide bonds. The van der Waals surface area contributed by atoms with Gasteiger partial charge in [-0.1, -0.05) is 12.1 Å². The number of aliphatic hydroxyl groups is 4. The maximum atomic E-state index is 13.7. The van der Waals surface area contributed by atoms with E-state index in [9.17, 15) is 39.9 Å². The Morgan fingerprint density at radius 1 is 1.12 bits per heavy atom. The van der Waals surface area contributed by atoms with E-state index in [2.05, 4.69) is 5.48 Å². The van der Waals surface area contributed by atoms with Crippen LogP contribution in [0.15, 0.2) is 18.2 Å². The summed E-state index contributed by atoms with van der Waals surface area (Å²) in [5.74, 6) is -3.90. The van der Waals surface area contributed by atoms with Crippen molar-refractivity contribution in [2.45, 2.75) is 62.4 Å². The molecule has 7 N–H and O–H groups in total. The van der Waals surface area contributed by atoms with Gasteiger partial charge in [-0.3, -0.25) is 19.2 Å². The van der Waals surface area contributed by atoms with Crippen LogP contribution in [0.2, 0.25) is 0 Å². The lowest BCUT2D eigenvalue weighted by Crippen LogP contribution is -2.54. The minimum Gasteiger partial charge on any atom is -0.507 e. The maximum absolute atomic E-state index is 13.7. The highest BCUT2D eigenvalue weighted by Crippen LogP contribution is 2.52. The number of Topliss-reactive ketones (excluding diaryl/α,β-unsaturated/α-hetero) is 1. The van der Waals surface area contributed by atoms with Crippen molar-refractivity contribution in [3.05, 3.63) is 51.6 Å². The smallest absolute Gasteiger partial charge is 0.202 e. The molecule has 1 fully saturated rings. The van der Waals surface area contributed by atoms with E-state index in [-0.39, 0.29) is 47.6 Å². The summed E-state index contributed by atoms with van der Waals surface area (Å²) in [4.78, 5) is 45.2. The predicted octanol–water partition coefficient (Wildman–Crippen LogP) is -0.444. The van der Waals surface area contributed by atoms with Gasteiger partial charge in [-0.2, -0.15) is 5.48 Å². The number of carbonyl (C=O) groups is 3. The van der Waals surface area contributed by atoms with Crippen LogP contribution in [-0.4, -0.2) is 105 Å². The van der Waals surface area contributed by atoms with Gasteiger partial charge in [0, 0.05) is 36.0 Å². The Morgan fingerprint density at radius 2 is 1.84 bits per heavy atom. The van der Waals surface area contributed by atoms with E-state index in [1.165, 1.54) is 25.3 Å². The Morgan fingerprint density at radius 3 is 2.51 bits per heavy atom. The SMILES string of the molecule is COc1cccc2c1C(=O)c1c(O)c3c(c(O)c1C2=O)C[C@@](O)(C(=O)CO)C[C@@H]3OC1CC(NOCCO)C(O)C(C)O1. The number of ketones is 3. The summed E-state index contributed by atoms with van der Waals surface area (Å²) in [6, 6.07) is 3.60. The summed E-state index contributed by atoms with van der Waals surface area (Å²) >= 11 is 0. The number of hydroxylamine groups is 1. The number of rotatable bonds is 9. The molecule has 0 bridgehead atoms. The standard InChI is InChI=1S/C29H33NO13/c1-12-24(34)15(30-41-7-6-31)8-19(42-12)43-17-10-29(39,18(33)11-32)9-14-21(17)28(38)23-22(26(14)36)25(35)13-4-3-5-16(40-2)20(13)27(23)37/h3-5,12,15,17,19,24,30-32,34,36,38-39H,6-11H2,1-2H3/t12?,15?,17-,19?,24?,29-/m0/s1. The Labute approximate surface area is 245 Å². The summed E-state index contributed by atoms with van der Waals surface area (Å²) in [7, 11) is 1.31. The highest BCUT2D eigenvalue weighted by atomic mass is 16.7. The number of methoxy groups -OCH3 is 1. The molecule has 0 radical (unpaired) electrons. The summed E-state index contributed by atoms with van der Waals surface area (Å²) in [6.07, 6.45) is -5.52. The van der Waals surface area contributed by atoms with Crippen LogP contribution in [0.5, 0.6) is 17.2 Å². The lowest BCUT2D eigenvalue weighted by Gasteiger charge is -2.42. The van der Waals surface area contributed by atoms with Gasteiger partial charge in [0.25, 0.3) is 0 Å². The van der Waals surface area contributed by atoms with Gasteiger partial charge in [0.1, 0.15) is 29.5 Å². The fourth-order valence-electron chi connectivity index (χ4n) is 6.04. The normalized spacial score (nSPS) is 28.2. The Bertz CT molecular complexity index is 1460. The first-order chi connectivity index (χ1) is 20.5. The molecule has 1 saturated heterocycles. The van der Waals surface area contributed by atoms with Crippen molar-refractivity contribution in [3.63, 3.8) is 0 Å².